The Bertz CT molecular complexity index is 416. The van der Waals surface area contributed by atoms with Gasteiger partial charge in [0.05, 0.1) is 5.56 Å². The maximum absolute atomic E-state index is 12.4. The van der Waals surface area contributed by atoms with Gasteiger partial charge in [0.1, 0.15) is 5.75 Å². The maximum Gasteiger partial charge on any atom is 0.416 e. The quantitative estimate of drug-likeness (QED) is 0.862. The molecule has 0 radical (unpaired) electrons. The van der Waals surface area contributed by atoms with Gasteiger partial charge in [-0.1, -0.05) is 6.92 Å². The largest absolute Gasteiger partial charge is 0.508 e. The molecule has 0 unspecified atom stereocenters. The number of hydrogen-bond donors (Lipinski definition) is 2. The minimum absolute atomic E-state index is 0.203. The van der Waals surface area contributed by atoms with E-state index in [1.807, 2.05) is 6.92 Å². The third-order valence-electron chi connectivity index (χ3n) is 2.04. The van der Waals surface area contributed by atoms with Crippen molar-refractivity contribution >= 4 is 5.91 Å². The van der Waals surface area contributed by atoms with Gasteiger partial charge in [-0.15, -0.1) is 0 Å². The first-order chi connectivity index (χ1) is 7.84. The van der Waals surface area contributed by atoms with Gasteiger partial charge in [0.15, 0.2) is 0 Å². The summed E-state index contributed by atoms with van der Waals surface area (Å²) in [6.07, 6.45) is -3.91. The first kappa shape index (κ1) is 13.3. The summed E-state index contributed by atoms with van der Waals surface area (Å²) in [7, 11) is 0. The van der Waals surface area contributed by atoms with E-state index in [2.05, 4.69) is 5.32 Å². The van der Waals surface area contributed by atoms with E-state index in [1.54, 1.807) is 0 Å². The molecule has 1 amide bonds. The molecule has 0 aliphatic carbocycles. The lowest BCUT2D eigenvalue weighted by atomic mass is 10.1. The second-order valence-corrected chi connectivity index (χ2v) is 3.52. The van der Waals surface area contributed by atoms with Crippen molar-refractivity contribution in [2.45, 2.75) is 19.5 Å². The second kappa shape index (κ2) is 5.07. The monoisotopic (exact) mass is 247 g/mol. The highest BCUT2D eigenvalue weighted by molar-refractivity contribution is 5.94. The Labute approximate surface area is 96.3 Å². The Morgan fingerprint density at radius 1 is 1.35 bits per heavy atom. The Balaban J connectivity index is 3.01. The predicted molar refractivity (Wildman–Crippen MR) is 55.7 cm³/mol. The first-order valence-corrected chi connectivity index (χ1v) is 5.04. The van der Waals surface area contributed by atoms with Crippen LogP contribution in [0.1, 0.15) is 29.3 Å². The second-order valence-electron chi connectivity index (χ2n) is 3.52. The van der Waals surface area contributed by atoms with Crippen molar-refractivity contribution in [3.05, 3.63) is 29.3 Å². The fraction of sp³-hybridized carbons (Fsp3) is 0.364. The van der Waals surface area contributed by atoms with Crippen molar-refractivity contribution < 1.29 is 23.1 Å². The predicted octanol–water partition coefficient (Wildman–Crippen LogP) is 2.55. The van der Waals surface area contributed by atoms with Crippen LogP contribution in [0.15, 0.2) is 18.2 Å². The number of benzene rings is 1. The van der Waals surface area contributed by atoms with Crippen LogP contribution in [0.3, 0.4) is 0 Å². The van der Waals surface area contributed by atoms with Crippen molar-refractivity contribution in [3.63, 3.8) is 0 Å². The van der Waals surface area contributed by atoms with Crippen LogP contribution in [-0.2, 0) is 6.18 Å². The Hall–Kier alpha value is -1.72. The van der Waals surface area contributed by atoms with Gasteiger partial charge in [0, 0.05) is 12.1 Å². The van der Waals surface area contributed by atoms with Gasteiger partial charge in [-0.3, -0.25) is 4.79 Å². The fourth-order valence-corrected chi connectivity index (χ4v) is 1.25. The third kappa shape index (κ3) is 3.65. The Morgan fingerprint density at radius 2 is 2.00 bits per heavy atom. The van der Waals surface area contributed by atoms with Crippen molar-refractivity contribution in [2.24, 2.45) is 0 Å². The summed E-state index contributed by atoms with van der Waals surface area (Å²) >= 11 is 0. The Kier molecular flexibility index (Phi) is 3.98. The third-order valence-corrected chi connectivity index (χ3v) is 2.04. The molecule has 2 N–H and O–H groups in total. The lowest BCUT2D eigenvalue weighted by Gasteiger charge is -2.10. The molecule has 1 rings (SSSR count). The molecule has 17 heavy (non-hydrogen) atoms. The maximum atomic E-state index is 12.4. The number of nitrogens with one attached hydrogen (secondary N) is 1. The number of aromatic hydroxyl groups is 1. The molecule has 0 spiro atoms. The van der Waals surface area contributed by atoms with Crippen molar-refractivity contribution in [3.8, 4) is 5.75 Å². The number of hydrogen-bond acceptors (Lipinski definition) is 2. The highest BCUT2D eigenvalue weighted by atomic mass is 19.4. The topological polar surface area (TPSA) is 49.3 Å². The van der Waals surface area contributed by atoms with E-state index in [9.17, 15) is 18.0 Å². The molecule has 0 saturated carbocycles. The van der Waals surface area contributed by atoms with Crippen LogP contribution in [0.2, 0.25) is 0 Å². The van der Waals surface area contributed by atoms with Gasteiger partial charge < -0.3 is 10.4 Å². The average molecular weight is 247 g/mol. The smallest absolute Gasteiger partial charge is 0.416 e. The molecule has 0 aromatic heterocycles. The van der Waals surface area contributed by atoms with E-state index in [0.717, 1.165) is 6.07 Å². The molecular weight excluding hydrogens is 235 g/mol. The summed E-state index contributed by atoms with van der Waals surface area (Å²) in [5.41, 5.74) is -1.25. The van der Waals surface area contributed by atoms with Crippen LogP contribution in [0, 0.1) is 0 Å². The number of alkyl halides is 3. The lowest BCUT2D eigenvalue weighted by molar-refractivity contribution is -0.137. The van der Waals surface area contributed by atoms with Crippen molar-refractivity contribution in [1.82, 2.24) is 5.32 Å². The molecule has 6 heteroatoms. The van der Waals surface area contributed by atoms with E-state index in [0.29, 0.717) is 25.1 Å². The first-order valence-electron chi connectivity index (χ1n) is 5.04. The molecule has 0 heterocycles. The summed E-state index contributed by atoms with van der Waals surface area (Å²) in [6, 6.07) is 2.29. The molecule has 1 aromatic carbocycles. The van der Waals surface area contributed by atoms with Crippen LogP contribution in [0.25, 0.3) is 0 Å². The number of amides is 1. The minimum atomic E-state index is -4.58. The van der Waals surface area contributed by atoms with Crippen LogP contribution < -0.4 is 5.32 Å². The standard InChI is InChI=1S/C11H12F3NO2/c1-2-3-15-10(17)7-4-8(11(12,13)14)6-9(16)5-7/h4-6,16H,2-3H2,1H3,(H,15,17). The van der Waals surface area contributed by atoms with Gasteiger partial charge in [0.25, 0.3) is 5.91 Å². The zero-order valence-electron chi connectivity index (χ0n) is 9.14. The van der Waals surface area contributed by atoms with Gasteiger partial charge in [-0.05, 0) is 24.6 Å². The van der Waals surface area contributed by atoms with E-state index in [1.165, 1.54) is 0 Å². The van der Waals surface area contributed by atoms with Gasteiger partial charge in [-0.25, -0.2) is 0 Å². The molecule has 0 aliphatic rings. The summed E-state index contributed by atoms with van der Waals surface area (Å²) < 4.78 is 37.3. The molecule has 0 bridgehead atoms. The number of carbonyl (C=O) groups excluding carboxylic acids is 1. The van der Waals surface area contributed by atoms with Gasteiger partial charge >= 0.3 is 6.18 Å². The molecule has 1 aromatic rings. The average Bonchev–Trinajstić information content (AvgIpc) is 2.23. The molecule has 0 saturated heterocycles. The summed E-state index contributed by atoms with van der Waals surface area (Å²) in [4.78, 5) is 11.4. The number of phenolic OH excluding ortho intramolecular Hbond substituents is 1. The molecule has 94 valence electrons. The van der Waals surface area contributed by atoms with E-state index < -0.39 is 23.4 Å². The molecular formula is C11H12F3NO2. The normalized spacial score (nSPS) is 11.3. The van der Waals surface area contributed by atoms with E-state index >= 15 is 0 Å². The minimum Gasteiger partial charge on any atom is -0.508 e. The van der Waals surface area contributed by atoms with E-state index in [4.69, 9.17) is 5.11 Å². The van der Waals surface area contributed by atoms with Crippen LogP contribution in [0.4, 0.5) is 13.2 Å². The summed E-state index contributed by atoms with van der Waals surface area (Å²) in [5, 5.41) is 11.6. The zero-order valence-corrected chi connectivity index (χ0v) is 9.14. The number of halogens is 3. The van der Waals surface area contributed by atoms with Gasteiger partial charge in [0.2, 0.25) is 0 Å². The lowest BCUT2D eigenvalue weighted by Crippen LogP contribution is -2.24. The fourth-order valence-electron chi connectivity index (χ4n) is 1.25. The summed E-state index contributed by atoms with van der Waals surface area (Å²) in [5.74, 6) is -1.21. The van der Waals surface area contributed by atoms with E-state index in [-0.39, 0.29) is 5.56 Å². The highest BCUT2D eigenvalue weighted by Crippen LogP contribution is 2.32. The zero-order chi connectivity index (χ0) is 13.1. The number of phenols is 1. The summed E-state index contributed by atoms with van der Waals surface area (Å²) in [6.45, 7) is 2.19. The van der Waals surface area contributed by atoms with Crippen LogP contribution in [0.5, 0.6) is 5.75 Å². The Morgan fingerprint density at radius 3 is 2.53 bits per heavy atom. The van der Waals surface area contributed by atoms with Crippen molar-refractivity contribution in [2.75, 3.05) is 6.54 Å². The van der Waals surface area contributed by atoms with Gasteiger partial charge in [-0.2, -0.15) is 13.2 Å². The molecule has 0 atom stereocenters. The molecule has 3 nitrogen and oxygen atoms in total. The highest BCUT2D eigenvalue weighted by Gasteiger charge is 2.31. The number of rotatable bonds is 3. The number of carbonyl (C=O) groups is 1. The molecule has 0 fully saturated rings. The molecule has 0 aliphatic heterocycles. The van der Waals surface area contributed by atoms with Crippen LogP contribution in [-0.4, -0.2) is 17.6 Å². The van der Waals surface area contributed by atoms with Crippen molar-refractivity contribution in [1.29, 1.82) is 0 Å². The SMILES string of the molecule is CCCNC(=O)c1cc(O)cc(C(F)(F)F)c1. The van der Waals surface area contributed by atoms with Crippen LogP contribution >= 0.6 is 0 Å².